The van der Waals surface area contributed by atoms with Gasteiger partial charge >= 0.3 is 7.12 Å². The Balaban J connectivity index is 2.83. The Morgan fingerprint density at radius 1 is 1.29 bits per heavy atom. The number of hydrogen-bond donors (Lipinski definition) is 4. The van der Waals surface area contributed by atoms with Crippen molar-refractivity contribution in [3.63, 3.8) is 0 Å². The van der Waals surface area contributed by atoms with Gasteiger partial charge in [0, 0.05) is 25.8 Å². The van der Waals surface area contributed by atoms with Gasteiger partial charge in [0.1, 0.15) is 5.75 Å². The lowest BCUT2D eigenvalue weighted by molar-refractivity contribution is 0.420. The summed E-state index contributed by atoms with van der Waals surface area (Å²) in [6.07, 6.45) is 0. The third kappa shape index (κ3) is 1.40. The van der Waals surface area contributed by atoms with Crippen molar-refractivity contribution in [2.45, 2.75) is 4.90 Å². The maximum atomic E-state index is 9.45. The predicted molar refractivity (Wildman–Crippen MR) is 60.6 cm³/mol. The zero-order valence-electron chi connectivity index (χ0n) is 7.01. The van der Waals surface area contributed by atoms with Gasteiger partial charge in [-0.25, -0.2) is 0 Å². The van der Waals surface area contributed by atoms with Crippen LogP contribution in [0, 0.1) is 0 Å². The maximum absolute atomic E-state index is 9.45. The lowest BCUT2D eigenvalue weighted by atomic mass is 9.79. The molecule has 6 heteroatoms. The van der Waals surface area contributed by atoms with Crippen LogP contribution in [0.3, 0.4) is 0 Å². The van der Waals surface area contributed by atoms with Crippen molar-refractivity contribution in [3.8, 4) is 5.75 Å². The van der Waals surface area contributed by atoms with Gasteiger partial charge in [-0.15, -0.1) is 24.0 Å². The lowest BCUT2D eigenvalue weighted by Gasteiger charge is -2.04. The molecule has 0 aliphatic carbocycles. The maximum Gasteiger partial charge on any atom is 0.493 e. The summed E-state index contributed by atoms with van der Waals surface area (Å²) in [6.45, 7) is 0. The minimum atomic E-state index is -1.66. The fraction of sp³-hybridized carbons (Fsp3) is 0. The Bertz CT molecular complexity index is 481. The van der Waals surface area contributed by atoms with E-state index in [4.69, 9.17) is 10.0 Å². The van der Waals surface area contributed by atoms with Gasteiger partial charge in [0.25, 0.3) is 0 Å². The van der Waals surface area contributed by atoms with Gasteiger partial charge in [-0.1, -0.05) is 0 Å². The first-order chi connectivity index (χ1) is 6.61. The topological polar surface area (TPSA) is 60.7 Å². The summed E-state index contributed by atoms with van der Waals surface area (Å²) in [5.74, 6) is -0.109. The van der Waals surface area contributed by atoms with Gasteiger partial charge in [-0.05, 0) is 12.1 Å². The van der Waals surface area contributed by atoms with Crippen molar-refractivity contribution in [1.82, 2.24) is 0 Å². The van der Waals surface area contributed by atoms with Crippen molar-refractivity contribution in [3.05, 3.63) is 17.5 Å². The largest absolute Gasteiger partial charge is 0.508 e. The van der Waals surface area contributed by atoms with Gasteiger partial charge in [-0.2, -0.15) is 0 Å². The molecule has 0 amide bonds. The molecule has 3 nitrogen and oxygen atoms in total. The van der Waals surface area contributed by atoms with Crippen molar-refractivity contribution >= 4 is 46.6 Å². The molecular formula is C8H7BO3S2. The molecule has 0 fully saturated rings. The average molecular weight is 226 g/mol. The van der Waals surface area contributed by atoms with Crippen LogP contribution < -0.4 is 5.46 Å². The van der Waals surface area contributed by atoms with Crippen molar-refractivity contribution in [2.75, 3.05) is 0 Å². The number of fused-ring (bicyclic) bond motifs is 1. The molecule has 0 aliphatic rings. The normalized spacial score (nSPS) is 10.8. The van der Waals surface area contributed by atoms with Gasteiger partial charge in [0.05, 0.1) is 0 Å². The van der Waals surface area contributed by atoms with Gasteiger partial charge < -0.3 is 15.2 Å². The van der Waals surface area contributed by atoms with E-state index < -0.39 is 7.12 Å². The molecule has 1 aromatic heterocycles. The van der Waals surface area contributed by atoms with E-state index >= 15 is 0 Å². The standard InChI is InChI=1S/C8H7BO3S2/c10-5-2-1-4-6(13)3-14-8(4)7(5)9(11)12/h1-3,10-13H. The number of thiol groups is 1. The van der Waals surface area contributed by atoms with E-state index in [0.717, 1.165) is 10.3 Å². The lowest BCUT2D eigenvalue weighted by Crippen LogP contribution is -2.30. The number of benzene rings is 1. The second kappa shape index (κ2) is 3.47. The number of rotatable bonds is 1. The molecule has 2 aromatic rings. The third-order valence-corrected chi connectivity index (χ3v) is 3.57. The highest BCUT2D eigenvalue weighted by Crippen LogP contribution is 2.29. The Morgan fingerprint density at radius 2 is 2.00 bits per heavy atom. The first-order valence-corrected chi connectivity index (χ1v) is 5.22. The fourth-order valence-electron chi connectivity index (χ4n) is 1.35. The molecule has 0 atom stereocenters. The smallest absolute Gasteiger partial charge is 0.493 e. The minimum Gasteiger partial charge on any atom is -0.508 e. The molecule has 0 spiro atoms. The van der Waals surface area contributed by atoms with Crippen LogP contribution in [0.15, 0.2) is 22.4 Å². The molecule has 0 radical (unpaired) electrons. The van der Waals surface area contributed by atoms with Crippen molar-refractivity contribution in [2.24, 2.45) is 0 Å². The molecule has 0 saturated heterocycles. The monoisotopic (exact) mass is 226 g/mol. The van der Waals surface area contributed by atoms with Crippen LogP contribution in [-0.2, 0) is 0 Å². The number of phenolic OH excluding ortho intramolecular Hbond substituents is 1. The first-order valence-electron chi connectivity index (χ1n) is 3.89. The highest BCUT2D eigenvalue weighted by atomic mass is 32.1. The zero-order valence-corrected chi connectivity index (χ0v) is 8.72. The SMILES string of the molecule is OB(O)c1c(O)ccc2c(S)csc12. The van der Waals surface area contributed by atoms with Gasteiger partial charge in [0.15, 0.2) is 0 Å². The molecule has 1 aromatic carbocycles. The number of thiophene rings is 1. The van der Waals surface area contributed by atoms with E-state index in [2.05, 4.69) is 12.6 Å². The molecule has 0 saturated carbocycles. The van der Waals surface area contributed by atoms with E-state index in [1.54, 1.807) is 11.4 Å². The Morgan fingerprint density at radius 3 is 2.64 bits per heavy atom. The summed E-state index contributed by atoms with van der Waals surface area (Å²) in [5.41, 5.74) is 0.146. The Kier molecular flexibility index (Phi) is 2.44. The number of aromatic hydroxyl groups is 1. The fourth-order valence-corrected chi connectivity index (χ4v) is 2.76. The summed E-state index contributed by atoms with van der Waals surface area (Å²) < 4.78 is 0.657. The van der Waals surface area contributed by atoms with E-state index in [1.165, 1.54) is 17.4 Å². The highest BCUT2D eigenvalue weighted by molar-refractivity contribution is 7.80. The molecular weight excluding hydrogens is 219 g/mol. The Hall–Kier alpha value is -0.685. The quantitative estimate of drug-likeness (QED) is 0.425. The summed E-state index contributed by atoms with van der Waals surface area (Å²) in [7, 11) is -1.66. The van der Waals surface area contributed by atoms with Crippen LogP contribution in [0.5, 0.6) is 5.75 Å². The van der Waals surface area contributed by atoms with Crippen LogP contribution in [0.1, 0.15) is 0 Å². The summed E-state index contributed by atoms with van der Waals surface area (Å²) in [4.78, 5) is 0.770. The predicted octanol–water partition coefficient (Wildman–Crippen LogP) is 0.575. The molecule has 2 rings (SSSR count). The third-order valence-electron chi connectivity index (χ3n) is 2.00. The van der Waals surface area contributed by atoms with E-state index in [-0.39, 0.29) is 11.2 Å². The van der Waals surface area contributed by atoms with Crippen LogP contribution in [0.25, 0.3) is 10.1 Å². The Labute approximate surface area is 90.2 Å². The molecule has 0 bridgehead atoms. The van der Waals surface area contributed by atoms with Gasteiger partial charge in [0.2, 0.25) is 0 Å². The first kappa shape index (κ1) is 9.85. The van der Waals surface area contributed by atoms with Crippen LogP contribution in [-0.4, -0.2) is 22.3 Å². The van der Waals surface area contributed by atoms with Crippen LogP contribution in [0.2, 0.25) is 0 Å². The summed E-state index contributed by atoms with van der Waals surface area (Å²) in [5, 5.41) is 30.2. The summed E-state index contributed by atoms with van der Waals surface area (Å²) >= 11 is 5.54. The molecule has 72 valence electrons. The van der Waals surface area contributed by atoms with Crippen molar-refractivity contribution < 1.29 is 15.2 Å². The molecule has 1 heterocycles. The van der Waals surface area contributed by atoms with Crippen molar-refractivity contribution in [1.29, 1.82) is 0 Å². The summed E-state index contributed by atoms with van der Waals surface area (Å²) in [6, 6.07) is 3.14. The molecule has 14 heavy (non-hydrogen) atoms. The van der Waals surface area contributed by atoms with E-state index in [0.29, 0.717) is 4.70 Å². The average Bonchev–Trinajstić information content (AvgIpc) is 2.47. The van der Waals surface area contributed by atoms with Gasteiger partial charge in [-0.3, -0.25) is 0 Å². The minimum absolute atomic E-state index is 0.109. The van der Waals surface area contributed by atoms with Crippen LogP contribution in [0.4, 0.5) is 0 Å². The highest BCUT2D eigenvalue weighted by Gasteiger charge is 2.21. The van der Waals surface area contributed by atoms with Crippen LogP contribution >= 0.6 is 24.0 Å². The molecule has 3 N–H and O–H groups in total. The second-order valence-electron chi connectivity index (χ2n) is 2.87. The number of hydrogen-bond acceptors (Lipinski definition) is 5. The molecule has 0 unspecified atom stereocenters. The molecule has 0 aliphatic heterocycles. The van der Waals surface area contributed by atoms with E-state index in [9.17, 15) is 5.11 Å². The zero-order chi connectivity index (χ0) is 10.3. The van der Waals surface area contributed by atoms with E-state index in [1.807, 2.05) is 0 Å². The number of phenols is 1. The second-order valence-corrected chi connectivity index (χ2v) is 4.23.